The predicted octanol–water partition coefficient (Wildman–Crippen LogP) is 0.507. The summed E-state index contributed by atoms with van der Waals surface area (Å²) in [6.07, 6.45) is 0.393. The minimum Gasteiger partial charge on any atom is -0.362 e. The molecule has 8 heteroatoms. The van der Waals surface area contributed by atoms with E-state index in [1.165, 1.54) is 0 Å². The van der Waals surface area contributed by atoms with Gasteiger partial charge in [-0.3, -0.25) is 4.79 Å². The molecule has 3 N–H and O–H groups in total. The van der Waals surface area contributed by atoms with Gasteiger partial charge in [0.1, 0.15) is 6.04 Å². The van der Waals surface area contributed by atoms with E-state index in [4.69, 9.17) is 17.6 Å². The van der Waals surface area contributed by atoms with Gasteiger partial charge in [-0.05, 0) is 13.3 Å². The van der Waals surface area contributed by atoms with Crippen LogP contribution in [-0.4, -0.2) is 24.5 Å². The van der Waals surface area contributed by atoms with Gasteiger partial charge in [-0.25, -0.2) is 4.79 Å². The Hall–Kier alpha value is -0.500. The summed E-state index contributed by atoms with van der Waals surface area (Å²) in [4.78, 5) is 22.0. The summed E-state index contributed by atoms with van der Waals surface area (Å²) in [7, 11) is 0. The first-order chi connectivity index (χ1) is 7.11. The molecular formula is C7H13ClN2O4S. The number of hydrogen-bond acceptors (Lipinski definition) is 6. The molecule has 0 rings (SSSR count). The Morgan fingerprint density at radius 3 is 2.80 bits per heavy atom. The summed E-state index contributed by atoms with van der Waals surface area (Å²) in [5.41, 5.74) is 5.44. The van der Waals surface area contributed by atoms with Crippen molar-refractivity contribution in [2.45, 2.75) is 25.8 Å². The van der Waals surface area contributed by atoms with Crippen molar-refractivity contribution in [1.82, 2.24) is 5.32 Å². The van der Waals surface area contributed by atoms with Crippen LogP contribution in [0, 0.1) is 0 Å². The third-order valence-electron chi connectivity index (χ3n) is 1.50. The largest absolute Gasteiger partial charge is 0.362 e. The van der Waals surface area contributed by atoms with E-state index >= 15 is 0 Å². The highest BCUT2D eigenvalue weighted by atomic mass is 35.5. The van der Waals surface area contributed by atoms with Crippen LogP contribution in [0.1, 0.15) is 19.8 Å². The molecule has 88 valence electrons. The van der Waals surface area contributed by atoms with E-state index in [1.54, 1.807) is 6.92 Å². The third-order valence-corrected chi connectivity index (χ3v) is 1.94. The molecule has 0 fully saturated rings. The van der Waals surface area contributed by atoms with E-state index in [1.807, 2.05) is 0 Å². The molecule has 15 heavy (non-hydrogen) atoms. The van der Waals surface area contributed by atoms with Gasteiger partial charge in [-0.15, -0.1) is 0 Å². The minimum atomic E-state index is -0.855. The van der Waals surface area contributed by atoms with Crippen LogP contribution in [0.15, 0.2) is 0 Å². The zero-order valence-electron chi connectivity index (χ0n) is 8.20. The van der Waals surface area contributed by atoms with Gasteiger partial charge in [-0.1, -0.05) is 0 Å². The van der Waals surface area contributed by atoms with Gasteiger partial charge in [0.25, 0.3) is 0 Å². The SMILES string of the molecule is CCNC(=O)CCC(N)C(=O)OSOCl. The van der Waals surface area contributed by atoms with Gasteiger partial charge in [0.05, 0.1) is 11.9 Å². The van der Waals surface area contributed by atoms with Gasteiger partial charge in [0.15, 0.2) is 0 Å². The number of nitrogens with two attached hydrogens (primary N) is 1. The molecule has 0 bridgehead atoms. The predicted molar refractivity (Wildman–Crippen MR) is 56.5 cm³/mol. The standard InChI is InChI=1S/C7H13ClN2O4S/c1-2-10-6(11)4-3-5(9)7(12)13-15-14-8/h5H,2-4,9H2,1H3,(H,10,11). The second kappa shape index (κ2) is 8.78. The molecule has 0 aromatic carbocycles. The highest BCUT2D eigenvalue weighted by molar-refractivity contribution is 7.90. The Morgan fingerprint density at radius 2 is 2.27 bits per heavy atom. The molecular weight excluding hydrogens is 244 g/mol. The average molecular weight is 257 g/mol. The number of nitrogens with one attached hydrogen (secondary N) is 1. The smallest absolute Gasteiger partial charge is 0.336 e. The molecule has 0 aromatic heterocycles. The second-order valence-corrected chi connectivity index (χ2v) is 3.44. The average Bonchev–Trinajstić information content (AvgIpc) is 2.22. The first-order valence-corrected chi connectivity index (χ1v) is 5.27. The lowest BCUT2D eigenvalue weighted by atomic mass is 10.1. The van der Waals surface area contributed by atoms with Crippen molar-refractivity contribution in [3.63, 3.8) is 0 Å². The molecule has 0 heterocycles. The molecule has 1 atom stereocenters. The van der Waals surface area contributed by atoms with Crippen LogP contribution in [0.3, 0.4) is 0 Å². The zero-order chi connectivity index (χ0) is 11.7. The van der Waals surface area contributed by atoms with Gasteiger partial charge >= 0.3 is 5.97 Å². The van der Waals surface area contributed by atoms with Crippen LogP contribution in [0.4, 0.5) is 0 Å². The maximum absolute atomic E-state index is 11.0. The maximum Gasteiger partial charge on any atom is 0.336 e. The maximum atomic E-state index is 11.0. The van der Waals surface area contributed by atoms with Gasteiger partial charge in [0, 0.05) is 13.0 Å². The Bertz CT molecular complexity index is 217. The summed E-state index contributed by atoms with van der Waals surface area (Å²) in [5.74, 6) is -0.827. The number of hydrogen-bond donors (Lipinski definition) is 2. The van der Waals surface area contributed by atoms with E-state index in [0.29, 0.717) is 18.9 Å². The lowest BCUT2D eigenvalue weighted by molar-refractivity contribution is -0.135. The lowest BCUT2D eigenvalue weighted by Gasteiger charge is -2.08. The number of carbonyl (C=O) groups excluding carboxylic acids is 2. The van der Waals surface area contributed by atoms with E-state index in [9.17, 15) is 9.59 Å². The van der Waals surface area contributed by atoms with Crippen LogP contribution in [0.5, 0.6) is 0 Å². The topological polar surface area (TPSA) is 90.7 Å². The number of halogens is 1. The summed E-state index contributed by atoms with van der Waals surface area (Å²) < 4.78 is 8.35. The molecule has 0 aliphatic rings. The van der Waals surface area contributed by atoms with Crippen molar-refractivity contribution in [2.75, 3.05) is 6.54 Å². The highest BCUT2D eigenvalue weighted by Gasteiger charge is 2.17. The van der Waals surface area contributed by atoms with Crippen molar-refractivity contribution in [3.05, 3.63) is 0 Å². The first-order valence-electron chi connectivity index (χ1n) is 4.29. The first kappa shape index (κ1) is 14.5. The van der Waals surface area contributed by atoms with Crippen LogP contribution < -0.4 is 11.1 Å². The van der Waals surface area contributed by atoms with Crippen LogP contribution in [0.2, 0.25) is 0 Å². The van der Waals surface area contributed by atoms with E-state index < -0.39 is 12.0 Å². The fraction of sp³-hybridized carbons (Fsp3) is 0.714. The monoisotopic (exact) mass is 256 g/mol. The molecule has 0 saturated carbocycles. The molecule has 0 aliphatic heterocycles. The molecule has 1 unspecified atom stereocenters. The molecule has 6 nitrogen and oxygen atoms in total. The summed E-state index contributed by atoms with van der Waals surface area (Å²) in [6, 6.07) is -0.855. The van der Waals surface area contributed by atoms with Crippen molar-refractivity contribution in [2.24, 2.45) is 5.73 Å². The van der Waals surface area contributed by atoms with Crippen LogP contribution in [-0.2, 0) is 17.5 Å². The normalized spacial score (nSPS) is 11.9. The Morgan fingerprint density at radius 1 is 1.60 bits per heavy atom. The molecule has 0 aromatic rings. The van der Waals surface area contributed by atoms with Gasteiger partial charge in [-0.2, -0.15) is 3.74 Å². The number of carbonyl (C=O) groups is 2. The van der Waals surface area contributed by atoms with Crippen molar-refractivity contribution in [3.8, 4) is 0 Å². The van der Waals surface area contributed by atoms with Crippen LogP contribution >= 0.6 is 24.2 Å². The van der Waals surface area contributed by atoms with Crippen molar-refractivity contribution < 1.29 is 17.5 Å². The highest BCUT2D eigenvalue weighted by Crippen LogP contribution is 2.09. The van der Waals surface area contributed by atoms with Crippen molar-refractivity contribution in [1.29, 1.82) is 0 Å². The molecule has 0 radical (unpaired) electrons. The zero-order valence-corrected chi connectivity index (χ0v) is 9.77. The summed E-state index contributed by atoms with van der Waals surface area (Å²) >= 11 is 5.12. The van der Waals surface area contributed by atoms with Gasteiger partial charge < -0.3 is 15.2 Å². The van der Waals surface area contributed by atoms with Gasteiger partial charge in [0.2, 0.25) is 18.2 Å². The molecule has 1 amide bonds. The van der Waals surface area contributed by atoms with Crippen molar-refractivity contribution >= 4 is 36.1 Å². The Kier molecular flexibility index (Phi) is 8.49. The number of amides is 1. The minimum absolute atomic E-state index is 0.151. The summed E-state index contributed by atoms with van der Waals surface area (Å²) in [5, 5.41) is 2.59. The quantitative estimate of drug-likeness (QED) is 0.645. The molecule has 0 saturated heterocycles. The number of rotatable bonds is 7. The Balaban J connectivity index is 3.67. The fourth-order valence-corrected chi connectivity index (χ4v) is 1.09. The second-order valence-electron chi connectivity index (χ2n) is 2.63. The third kappa shape index (κ3) is 7.43. The lowest BCUT2D eigenvalue weighted by Crippen LogP contribution is -2.33. The van der Waals surface area contributed by atoms with E-state index in [2.05, 4.69) is 13.2 Å². The Labute approximate surface area is 97.4 Å². The molecule has 0 aliphatic carbocycles. The summed E-state index contributed by atoms with van der Waals surface area (Å²) in [6.45, 7) is 2.36. The molecule has 0 spiro atoms. The van der Waals surface area contributed by atoms with E-state index in [-0.39, 0.29) is 18.7 Å². The fourth-order valence-electron chi connectivity index (χ4n) is 0.798. The van der Waals surface area contributed by atoms with E-state index in [0.717, 1.165) is 0 Å². The van der Waals surface area contributed by atoms with Crippen LogP contribution in [0.25, 0.3) is 0 Å².